The molecule has 9 heteroatoms. The second kappa shape index (κ2) is 11.5. The van der Waals surface area contributed by atoms with Crippen molar-refractivity contribution >= 4 is 29.1 Å². The van der Waals surface area contributed by atoms with Crippen LogP contribution in [0.5, 0.6) is 11.5 Å². The number of hydrogen-bond donors (Lipinski definition) is 2. The number of hydrogen-bond acceptors (Lipinski definition) is 6. The third-order valence-electron chi connectivity index (χ3n) is 5.33. The van der Waals surface area contributed by atoms with Gasteiger partial charge in [0.25, 0.3) is 5.91 Å². The van der Waals surface area contributed by atoms with Gasteiger partial charge in [-0.1, -0.05) is 35.0 Å². The Hall–Kier alpha value is -5.18. The van der Waals surface area contributed by atoms with Gasteiger partial charge >= 0.3 is 5.91 Å². The van der Waals surface area contributed by atoms with Crippen molar-refractivity contribution < 1.29 is 28.8 Å². The molecule has 0 spiro atoms. The van der Waals surface area contributed by atoms with Gasteiger partial charge in [0.05, 0.1) is 31.2 Å². The van der Waals surface area contributed by atoms with E-state index < -0.39 is 17.7 Å². The Morgan fingerprint density at radius 1 is 0.784 bits per heavy atom. The van der Waals surface area contributed by atoms with Gasteiger partial charge in [-0.15, -0.1) is 5.43 Å². The molecule has 4 rings (SSSR count). The van der Waals surface area contributed by atoms with Gasteiger partial charge in [0.15, 0.2) is 12.4 Å². The lowest BCUT2D eigenvalue weighted by atomic mass is 10.1. The summed E-state index contributed by atoms with van der Waals surface area (Å²) in [5, 5.41) is 15.7. The molecule has 9 nitrogen and oxygen atoms in total. The molecule has 4 aromatic rings. The van der Waals surface area contributed by atoms with Crippen molar-refractivity contribution in [2.45, 2.75) is 0 Å². The molecule has 2 amide bonds. The van der Waals surface area contributed by atoms with Crippen molar-refractivity contribution in [1.82, 2.24) is 0 Å². The number of carbonyl (C=O) groups is 2. The van der Waals surface area contributed by atoms with E-state index in [0.717, 1.165) is 0 Å². The zero-order chi connectivity index (χ0) is 26.2. The largest absolute Gasteiger partial charge is 0.858 e. The predicted molar refractivity (Wildman–Crippen MR) is 137 cm³/mol. The van der Waals surface area contributed by atoms with Gasteiger partial charge in [-0.2, -0.15) is 0 Å². The van der Waals surface area contributed by atoms with Crippen LogP contribution in [-0.2, 0) is 0 Å². The van der Waals surface area contributed by atoms with Crippen molar-refractivity contribution in [2.24, 2.45) is 4.99 Å². The first-order chi connectivity index (χ1) is 18.0. The first-order valence-corrected chi connectivity index (χ1v) is 11.2. The maximum absolute atomic E-state index is 13.4. The van der Waals surface area contributed by atoms with Crippen LogP contribution >= 0.6 is 0 Å². The predicted octanol–water partition coefficient (Wildman–Crippen LogP) is 3.07. The van der Waals surface area contributed by atoms with Crippen LogP contribution in [0.3, 0.4) is 0 Å². The smallest absolute Gasteiger partial charge is 0.309 e. The summed E-state index contributed by atoms with van der Waals surface area (Å²) in [7, 11) is 3.00. The molecule has 1 heterocycles. The van der Waals surface area contributed by atoms with Gasteiger partial charge in [0.2, 0.25) is 0 Å². The summed E-state index contributed by atoms with van der Waals surface area (Å²) in [6.07, 6.45) is 3.29. The molecule has 37 heavy (non-hydrogen) atoms. The number of methoxy groups -OCH3 is 2. The fourth-order valence-electron chi connectivity index (χ4n) is 3.51. The average Bonchev–Trinajstić information content (AvgIpc) is 2.93. The van der Waals surface area contributed by atoms with Crippen LogP contribution in [0.4, 0.5) is 11.4 Å². The van der Waals surface area contributed by atoms with E-state index in [2.05, 4.69) is 15.7 Å². The summed E-state index contributed by atoms with van der Waals surface area (Å²) in [5.41, 5.74) is 3.62. The third-order valence-corrected chi connectivity index (χ3v) is 5.33. The SMILES string of the molecule is COc1cccc(C(=O)Nc2cccc(N=C([O-])c3cccc(OC)c3)c2C(=O)N[n+]2ccccc2)c1. The Labute approximate surface area is 213 Å². The molecule has 0 aliphatic heterocycles. The monoisotopic (exact) mass is 496 g/mol. The molecule has 3 aromatic carbocycles. The van der Waals surface area contributed by atoms with Crippen molar-refractivity contribution in [3.63, 3.8) is 0 Å². The lowest BCUT2D eigenvalue weighted by Gasteiger charge is -2.16. The number of amides is 2. The Morgan fingerprint density at radius 2 is 1.41 bits per heavy atom. The minimum atomic E-state index is -0.574. The second-order valence-corrected chi connectivity index (χ2v) is 7.76. The number of rotatable bonds is 8. The van der Waals surface area contributed by atoms with E-state index >= 15 is 0 Å². The van der Waals surface area contributed by atoms with E-state index in [1.165, 1.54) is 25.0 Å². The van der Waals surface area contributed by atoms with E-state index in [-0.39, 0.29) is 22.5 Å². The Kier molecular flexibility index (Phi) is 7.75. The van der Waals surface area contributed by atoms with Crippen LogP contribution in [0.25, 0.3) is 0 Å². The molecule has 186 valence electrons. The maximum Gasteiger partial charge on any atom is 0.309 e. The number of nitrogens with zero attached hydrogens (tertiary/aromatic N) is 2. The summed E-state index contributed by atoms with van der Waals surface area (Å²) < 4.78 is 11.8. The molecule has 0 saturated heterocycles. The van der Waals surface area contributed by atoms with E-state index in [1.54, 1.807) is 91.3 Å². The molecule has 0 radical (unpaired) electrons. The molecule has 0 bridgehead atoms. The Balaban J connectivity index is 1.75. The molecule has 0 unspecified atom stereocenters. The highest BCUT2D eigenvalue weighted by Crippen LogP contribution is 2.28. The topological polar surface area (TPSA) is 116 Å². The number of ether oxygens (including phenoxy) is 2. The number of pyridine rings is 1. The molecule has 2 N–H and O–H groups in total. The third kappa shape index (κ3) is 6.09. The van der Waals surface area contributed by atoms with Crippen LogP contribution in [0.1, 0.15) is 26.3 Å². The number of benzene rings is 3. The molecular weight excluding hydrogens is 472 g/mol. The van der Waals surface area contributed by atoms with E-state index in [4.69, 9.17) is 9.47 Å². The quantitative estimate of drug-likeness (QED) is 0.221. The van der Waals surface area contributed by atoms with Gasteiger partial charge < -0.3 is 19.9 Å². The van der Waals surface area contributed by atoms with Crippen LogP contribution in [-0.4, -0.2) is 31.9 Å². The number of aromatic nitrogens is 1. The lowest BCUT2D eigenvalue weighted by Crippen LogP contribution is -2.47. The maximum atomic E-state index is 13.4. The van der Waals surface area contributed by atoms with Gasteiger partial charge in [-0.05, 0) is 53.9 Å². The minimum Gasteiger partial charge on any atom is -0.858 e. The van der Waals surface area contributed by atoms with Crippen LogP contribution in [0, 0.1) is 0 Å². The molecule has 0 atom stereocenters. The van der Waals surface area contributed by atoms with Gasteiger partial charge in [0.1, 0.15) is 11.5 Å². The summed E-state index contributed by atoms with van der Waals surface area (Å²) in [6.45, 7) is 0. The van der Waals surface area contributed by atoms with Crippen LogP contribution in [0.2, 0.25) is 0 Å². The lowest BCUT2D eigenvalue weighted by molar-refractivity contribution is -0.641. The summed E-state index contributed by atoms with van der Waals surface area (Å²) >= 11 is 0. The average molecular weight is 497 g/mol. The summed E-state index contributed by atoms with van der Waals surface area (Å²) in [6, 6.07) is 23.1. The molecule has 0 fully saturated rings. The van der Waals surface area contributed by atoms with Gasteiger partial charge in [0, 0.05) is 17.7 Å². The van der Waals surface area contributed by atoms with Crippen molar-refractivity contribution in [3.05, 3.63) is 114 Å². The number of anilines is 1. The second-order valence-electron chi connectivity index (χ2n) is 7.76. The Bertz CT molecular complexity index is 1450. The fraction of sp³-hybridized carbons (Fsp3) is 0.0714. The standard InChI is InChI=1S/C28H24N4O5/c1-36-21-11-6-9-19(17-21)26(33)29-23-13-8-14-24(25(23)28(35)31-32-15-4-3-5-16-32)30-27(34)20-10-7-12-22(18-20)37-2/h3-18H,1-2H3,(H2-,29,30,31,33,34,35). The van der Waals surface area contributed by atoms with Crippen LogP contribution in [0.15, 0.2) is 102 Å². The summed E-state index contributed by atoms with van der Waals surface area (Å²) in [4.78, 5) is 30.6. The summed E-state index contributed by atoms with van der Waals surface area (Å²) in [5.74, 6) is -0.597. The van der Waals surface area contributed by atoms with Gasteiger partial charge in [-0.3, -0.25) is 14.6 Å². The first kappa shape index (κ1) is 24.9. The van der Waals surface area contributed by atoms with E-state index in [0.29, 0.717) is 17.1 Å². The molecular formula is C28H24N4O5. The zero-order valence-electron chi connectivity index (χ0n) is 20.2. The van der Waals surface area contributed by atoms with Gasteiger partial charge in [-0.25, -0.2) is 0 Å². The highest BCUT2D eigenvalue weighted by atomic mass is 16.5. The molecule has 0 saturated carbocycles. The highest BCUT2D eigenvalue weighted by molar-refractivity contribution is 6.13. The first-order valence-electron chi connectivity index (χ1n) is 11.2. The van der Waals surface area contributed by atoms with Crippen molar-refractivity contribution in [3.8, 4) is 11.5 Å². The number of carbonyl (C=O) groups excluding carboxylic acids is 2. The normalized spacial score (nSPS) is 10.9. The number of aliphatic imine (C=N–C) groups is 1. The highest BCUT2D eigenvalue weighted by Gasteiger charge is 2.21. The minimum absolute atomic E-state index is 0.0198. The van der Waals surface area contributed by atoms with Crippen molar-refractivity contribution in [2.75, 3.05) is 25.0 Å². The van der Waals surface area contributed by atoms with E-state index in [1.807, 2.05) is 0 Å². The van der Waals surface area contributed by atoms with Crippen molar-refractivity contribution in [1.29, 1.82) is 0 Å². The van der Waals surface area contributed by atoms with Crippen LogP contribution < -0.4 is 30.0 Å². The molecule has 0 aliphatic rings. The zero-order valence-corrected chi connectivity index (χ0v) is 20.2. The Morgan fingerprint density at radius 3 is 2.08 bits per heavy atom. The molecule has 0 aliphatic carbocycles. The molecule has 1 aromatic heterocycles. The fourth-order valence-corrected chi connectivity index (χ4v) is 3.51. The van der Waals surface area contributed by atoms with E-state index in [9.17, 15) is 14.7 Å². The number of nitrogens with one attached hydrogen (secondary N) is 2.